The molecule has 2 rings (SSSR count). The molecule has 2 nitrogen and oxygen atoms in total. The number of halogens is 2. The van der Waals surface area contributed by atoms with Gasteiger partial charge in [-0.1, -0.05) is 15.9 Å². The molecule has 1 unspecified atom stereocenters. The van der Waals surface area contributed by atoms with Gasteiger partial charge in [-0.05, 0) is 30.4 Å². The highest BCUT2D eigenvalue weighted by atomic mass is 79.9. The summed E-state index contributed by atoms with van der Waals surface area (Å²) in [6.07, 6.45) is 0.811. The SMILES string of the molecule is OC1(CNCc2cc(Br)ccc2F)CCSC1. The van der Waals surface area contributed by atoms with Crippen molar-refractivity contribution in [2.75, 3.05) is 18.1 Å². The lowest BCUT2D eigenvalue weighted by Gasteiger charge is -2.21. The molecule has 1 atom stereocenters. The summed E-state index contributed by atoms with van der Waals surface area (Å²) in [5.74, 6) is 1.55. The molecule has 1 heterocycles. The maximum Gasteiger partial charge on any atom is 0.127 e. The fourth-order valence-electron chi connectivity index (χ4n) is 1.84. The van der Waals surface area contributed by atoms with Crippen LogP contribution >= 0.6 is 27.7 Å². The van der Waals surface area contributed by atoms with Gasteiger partial charge in [-0.15, -0.1) is 0 Å². The van der Waals surface area contributed by atoms with E-state index in [-0.39, 0.29) is 5.82 Å². The van der Waals surface area contributed by atoms with Gasteiger partial charge in [0.25, 0.3) is 0 Å². The Morgan fingerprint density at radius 1 is 1.53 bits per heavy atom. The zero-order chi connectivity index (χ0) is 12.3. The van der Waals surface area contributed by atoms with E-state index >= 15 is 0 Å². The molecule has 1 aliphatic heterocycles. The van der Waals surface area contributed by atoms with E-state index in [9.17, 15) is 9.50 Å². The molecule has 5 heteroatoms. The van der Waals surface area contributed by atoms with E-state index in [4.69, 9.17) is 0 Å². The van der Waals surface area contributed by atoms with Gasteiger partial charge in [-0.2, -0.15) is 11.8 Å². The average Bonchev–Trinajstić information content (AvgIpc) is 2.71. The highest BCUT2D eigenvalue weighted by Gasteiger charge is 2.30. The van der Waals surface area contributed by atoms with Gasteiger partial charge in [0.05, 0.1) is 5.60 Å². The molecule has 0 spiro atoms. The lowest BCUT2D eigenvalue weighted by molar-refractivity contribution is 0.0674. The van der Waals surface area contributed by atoms with Crippen LogP contribution < -0.4 is 5.32 Å². The molecule has 17 heavy (non-hydrogen) atoms. The lowest BCUT2D eigenvalue weighted by atomic mass is 10.0. The Morgan fingerprint density at radius 3 is 3.06 bits per heavy atom. The van der Waals surface area contributed by atoms with Crippen LogP contribution in [-0.4, -0.2) is 28.8 Å². The summed E-state index contributed by atoms with van der Waals surface area (Å²) < 4.78 is 14.3. The molecular weight excluding hydrogens is 305 g/mol. The van der Waals surface area contributed by atoms with Crippen molar-refractivity contribution in [3.05, 3.63) is 34.1 Å². The van der Waals surface area contributed by atoms with E-state index in [0.717, 1.165) is 22.4 Å². The van der Waals surface area contributed by atoms with Crippen LogP contribution in [0.1, 0.15) is 12.0 Å². The van der Waals surface area contributed by atoms with E-state index in [2.05, 4.69) is 21.2 Å². The molecule has 94 valence electrons. The second-order valence-corrected chi connectivity index (χ2v) is 6.39. The van der Waals surface area contributed by atoms with Crippen molar-refractivity contribution < 1.29 is 9.50 Å². The molecule has 1 aromatic carbocycles. The molecule has 0 saturated carbocycles. The fraction of sp³-hybridized carbons (Fsp3) is 0.500. The first-order valence-electron chi connectivity index (χ1n) is 5.54. The van der Waals surface area contributed by atoms with Crippen molar-refractivity contribution in [3.63, 3.8) is 0 Å². The van der Waals surface area contributed by atoms with Crippen molar-refractivity contribution in [2.24, 2.45) is 0 Å². The van der Waals surface area contributed by atoms with Crippen molar-refractivity contribution in [1.82, 2.24) is 5.32 Å². The van der Waals surface area contributed by atoms with E-state index < -0.39 is 5.60 Å². The maximum absolute atomic E-state index is 13.4. The highest BCUT2D eigenvalue weighted by Crippen LogP contribution is 2.27. The number of hydrogen-bond donors (Lipinski definition) is 2. The first-order valence-corrected chi connectivity index (χ1v) is 7.49. The standard InChI is InChI=1S/C12H15BrFNOS/c13-10-1-2-11(14)9(5-10)6-15-7-12(16)3-4-17-8-12/h1-2,5,15-16H,3-4,6-8H2. The smallest absolute Gasteiger partial charge is 0.127 e. The zero-order valence-corrected chi connectivity index (χ0v) is 11.8. The Balaban J connectivity index is 1.87. The van der Waals surface area contributed by atoms with Gasteiger partial charge in [0, 0.05) is 28.9 Å². The second-order valence-electron chi connectivity index (χ2n) is 4.37. The predicted octanol–water partition coefficient (Wildman–Crippen LogP) is 2.55. The van der Waals surface area contributed by atoms with Gasteiger partial charge in [0.2, 0.25) is 0 Å². The summed E-state index contributed by atoms with van der Waals surface area (Å²) in [6.45, 7) is 0.963. The Kier molecular flexibility index (Phi) is 4.47. The summed E-state index contributed by atoms with van der Waals surface area (Å²) in [6, 6.07) is 4.89. The van der Waals surface area contributed by atoms with Crippen LogP contribution in [-0.2, 0) is 6.54 Å². The summed E-state index contributed by atoms with van der Waals surface area (Å²) >= 11 is 5.08. The molecule has 0 aliphatic carbocycles. The molecule has 0 radical (unpaired) electrons. The van der Waals surface area contributed by atoms with Gasteiger partial charge in [0.1, 0.15) is 5.82 Å². The van der Waals surface area contributed by atoms with Crippen LogP contribution in [0.2, 0.25) is 0 Å². The minimum Gasteiger partial charge on any atom is -0.388 e. The summed E-state index contributed by atoms with van der Waals surface area (Å²) in [5, 5.41) is 13.2. The zero-order valence-electron chi connectivity index (χ0n) is 9.38. The second kappa shape index (κ2) is 5.69. The lowest BCUT2D eigenvalue weighted by Crippen LogP contribution is -2.40. The van der Waals surface area contributed by atoms with Gasteiger partial charge in [-0.3, -0.25) is 0 Å². The predicted molar refractivity (Wildman–Crippen MR) is 72.7 cm³/mol. The molecule has 0 bridgehead atoms. The first kappa shape index (κ1) is 13.3. The van der Waals surface area contributed by atoms with Gasteiger partial charge < -0.3 is 10.4 Å². The normalized spacial score (nSPS) is 24.2. The third-order valence-electron chi connectivity index (χ3n) is 2.86. The van der Waals surface area contributed by atoms with Crippen LogP contribution in [0, 0.1) is 5.82 Å². The summed E-state index contributed by atoms with van der Waals surface area (Å²) in [7, 11) is 0. The fourth-order valence-corrected chi connectivity index (χ4v) is 3.55. The van der Waals surface area contributed by atoms with Gasteiger partial charge >= 0.3 is 0 Å². The first-order chi connectivity index (χ1) is 8.09. The molecule has 1 fully saturated rings. The van der Waals surface area contributed by atoms with Crippen LogP contribution in [0.4, 0.5) is 4.39 Å². The number of rotatable bonds is 4. The summed E-state index contributed by atoms with van der Waals surface area (Å²) in [5.41, 5.74) is 0.00120. The van der Waals surface area contributed by atoms with Gasteiger partial charge in [-0.25, -0.2) is 4.39 Å². The van der Waals surface area contributed by atoms with Crippen molar-refractivity contribution >= 4 is 27.7 Å². The molecule has 1 aliphatic rings. The number of thioether (sulfide) groups is 1. The average molecular weight is 320 g/mol. The summed E-state index contributed by atoms with van der Waals surface area (Å²) in [4.78, 5) is 0. The van der Waals surface area contributed by atoms with Crippen molar-refractivity contribution in [1.29, 1.82) is 0 Å². The van der Waals surface area contributed by atoms with E-state index in [1.807, 2.05) is 0 Å². The topological polar surface area (TPSA) is 32.3 Å². The Morgan fingerprint density at radius 2 is 2.35 bits per heavy atom. The van der Waals surface area contributed by atoms with Crippen LogP contribution in [0.25, 0.3) is 0 Å². The van der Waals surface area contributed by atoms with Crippen LogP contribution in [0.5, 0.6) is 0 Å². The van der Waals surface area contributed by atoms with Crippen molar-refractivity contribution in [3.8, 4) is 0 Å². The quantitative estimate of drug-likeness (QED) is 0.894. The minimum atomic E-state index is -0.618. The Hall–Kier alpha value is -0.100. The highest BCUT2D eigenvalue weighted by molar-refractivity contribution is 9.10. The van der Waals surface area contributed by atoms with Crippen LogP contribution in [0.15, 0.2) is 22.7 Å². The molecular formula is C12H15BrFNOS. The monoisotopic (exact) mass is 319 g/mol. The van der Waals surface area contributed by atoms with E-state index in [1.54, 1.807) is 23.9 Å². The number of benzene rings is 1. The van der Waals surface area contributed by atoms with E-state index in [1.165, 1.54) is 6.07 Å². The number of aliphatic hydroxyl groups is 1. The minimum absolute atomic E-state index is 0.214. The molecule has 0 aromatic heterocycles. The maximum atomic E-state index is 13.4. The Labute approximate surface area is 113 Å². The van der Waals surface area contributed by atoms with Crippen molar-refractivity contribution in [2.45, 2.75) is 18.6 Å². The molecule has 1 aromatic rings. The molecule has 2 N–H and O–H groups in total. The Bertz CT molecular complexity index is 396. The molecule has 0 amide bonds. The number of hydrogen-bond acceptors (Lipinski definition) is 3. The third kappa shape index (κ3) is 3.68. The number of nitrogens with one attached hydrogen (secondary N) is 1. The van der Waals surface area contributed by atoms with Crippen LogP contribution in [0.3, 0.4) is 0 Å². The largest absolute Gasteiger partial charge is 0.388 e. The van der Waals surface area contributed by atoms with E-state index in [0.29, 0.717) is 18.7 Å². The molecule has 1 saturated heterocycles. The van der Waals surface area contributed by atoms with Gasteiger partial charge in [0.15, 0.2) is 0 Å². The third-order valence-corrected chi connectivity index (χ3v) is 4.59.